The quantitative estimate of drug-likeness (QED) is 0.752. The molecule has 6 nitrogen and oxygen atoms in total. The first kappa shape index (κ1) is 19.4. The maximum absolute atomic E-state index is 12.7. The molecule has 2 heterocycles. The van der Waals surface area contributed by atoms with Crippen LogP contribution in [0.1, 0.15) is 37.0 Å². The topological polar surface area (TPSA) is 50.6 Å². The van der Waals surface area contributed by atoms with E-state index < -0.39 is 0 Å². The smallest absolute Gasteiger partial charge is 0.253 e. The highest BCUT2D eigenvalue weighted by atomic mass is 16.5. The SMILES string of the molecule is CCc1nccn1CCN1CCN(C(=O)c2ccc(OC(C)C)cc2)CC1. The summed E-state index contributed by atoms with van der Waals surface area (Å²) in [7, 11) is 0. The van der Waals surface area contributed by atoms with Gasteiger partial charge in [-0.2, -0.15) is 0 Å². The number of carbonyl (C=O) groups excluding carboxylic acids is 1. The highest BCUT2D eigenvalue weighted by Crippen LogP contribution is 2.16. The van der Waals surface area contributed by atoms with Crippen molar-refractivity contribution >= 4 is 5.91 Å². The van der Waals surface area contributed by atoms with Gasteiger partial charge >= 0.3 is 0 Å². The van der Waals surface area contributed by atoms with Crippen LogP contribution in [0.15, 0.2) is 36.7 Å². The van der Waals surface area contributed by atoms with E-state index in [4.69, 9.17) is 4.74 Å². The minimum Gasteiger partial charge on any atom is -0.491 e. The van der Waals surface area contributed by atoms with Gasteiger partial charge in [0.05, 0.1) is 6.10 Å². The summed E-state index contributed by atoms with van der Waals surface area (Å²) < 4.78 is 7.86. The van der Waals surface area contributed by atoms with Crippen LogP contribution in [0, 0.1) is 0 Å². The van der Waals surface area contributed by atoms with Crippen molar-refractivity contribution in [1.82, 2.24) is 19.4 Å². The number of imidazole rings is 1. The minimum absolute atomic E-state index is 0.105. The number of rotatable bonds is 7. The number of piperazine rings is 1. The summed E-state index contributed by atoms with van der Waals surface area (Å²) in [6.07, 6.45) is 5.00. The van der Waals surface area contributed by atoms with Gasteiger partial charge in [0.25, 0.3) is 5.91 Å². The van der Waals surface area contributed by atoms with Gasteiger partial charge in [0.1, 0.15) is 11.6 Å². The lowest BCUT2D eigenvalue weighted by Gasteiger charge is -2.35. The Labute approximate surface area is 161 Å². The Bertz CT molecular complexity index is 731. The number of carbonyl (C=O) groups is 1. The molecule has 0 unspecified atom stereocenters. The molecule has 0 N–H and O–H groups in total. The molecular formula is C21H30N4O2. The second-order valence-corrected chi connectivity index (χ2v) is 7.22. The van der Waals surface area contributed by atoms with E-state index in [1.165, 1.54) is 0 Å². The van der Waals surface area contributed by atoms with Crippen molar-refractivity contribution < 1.29 is 9.53 Å². The summed E-state index contributed by atoms with van der Waals surface area (Å²) in [4.78, 5) is 21.5. The zero-order valence-electron chi connectivity index (χ0n) is 16.6. The molecule has 1 saturated heterocycles. The van der Waals surface area contributed by atoms with E-state index in [-0.39, 0.29) is 12.0 Å². The van der Waals surface area contributed by atoms with Gasteiger partial charge in [0, 0.05) is 63.6 Å². The van der Waals surface area contributed by atoms with E-state index in [2.05, 4.69) is 21.4 Å². The molecule has 1 amide bonds. The van der Waals surface area contributed by atoms with Crippen LogP contribution in [0.5, 0.6) is 5.75 Å². The maximum Gasteiger partial charge on any atom is 0.253 e. The Morgan fingerprint density at radius 2 is 1.81 bits per heavy atom. The van der Waals surface area contributed by atoms with Gasteiger partial charge in [-0.05, 0) is 38.1 Å². The van der Waals surface area contributed by atoms with Crippen LogP contribution in [0.25, 0.3) is 0 Å². The molecule has 0 aliphatic carbocycles. The Morgan fingerprint density at radius 1 is 1.11 bits per heavy atom. The first-order valence-corrected chi connectivity index (χ1v) is 9.85. The van der Waals surface area contributed by atoms with Crippen LogP contribution in [0.4, 0.5) is 0 Å². The van der Waals surface area contributed by atoms with Crippen LogP contribution < -0.4 is 4.74 Å². The molecule has 0 bridgehead atoms. The van der Waals surface area contributed by atoms with E-state index in [9.17, 15) is 4.79 Å². The molecule has 1 aromatic carbocycles. The molecule has 1 aromatic heterocycles. The van der Waals surface area contributed by atoms with Crippen LogP contribution in [0.3, 0.4) is 0 Å². The summed E-state index contributed by atoms with van der Waals surface area (Å²) in [5.74, 6) is 2.04. The van der Waals surface area contributed by atoms with E-state index in [0.29, 0.717) is 0 Å². The lowest BCUT2D eigenvalue weighted by molar-refractivity contribution is 0.0633. The highest BCUT2D eigenvalue weighted by Gasteiger charge is 2.22. The van der Waals surface area contributed by atoms with E-state index in [1.54, 1.807) is 0 Å². The summed E-state index contributed by atoms with van der Waals surface area (Å²) in [6, 6.07) is 7.47. The summed E-state index contributed by atoms with van der Waals surface area (Å²) in [6.45, 7) is 11.4. The first-order chi connectivity index (χ1) is 13.1. The molecule has 1 aliphatic heterocycles. The van der Waals surface area contributed by atoms with Crippen molar-refractivity contribution in [3.63, 3.8) is 0 Å². The molecule has 0 spiro atoms. The van der Waals surface area contributed by atoms with E-state index in [1.807, 2.05) is 55.4 Å². The van der Waals surface area contributed by atoms with Gasteiger partial charge in [-0.3, -0.25) is 9.69 Å². The molecule has 1 fully saturated rings. The van der Waals surface area contributed by atoms with Crippen LogP contribution in [-0.2, 0) is 13.0 Å². The van der Waals surface area contributed by atoms with Gasteiger partial charge in [-0.15, -0.1) is 0 Å². The molecule has 0 radical (unpaired) electrons. The van der Waals surface area contributed by atoms with Gasteiger partial charge in [-0.25, -0.2) is 4.98 Å². The zero-order chi connectivity index (χ0) is 19.2. The lowest BCUT2D eigenvalue weighted by Crippen LogP contribution is -2.49. The number of aryl methyl sites for hydroxylation is 1. The van der Waals surface area contributed by atoms with Crippen LogP contribution in [-0.4, -0.2) is 64.1 Å². The summed E-state index contributed by atoms with van der Waals surface area (Å²) in [5.41, 5.74) is 0.727. The number of benzene rings is 1. The molecule has 3 rings (SSSR count). The fourth-order valence-electron chi connectivity index (χ4n) is 3.41. The third-order valence-electron chi connectivity index (χ3n) is 4.91. The van der Waals surface area contributed by atoms with Gasteiger partial charge < -0.3 is 14.2 Å². The predicted molar refractivity (Wildman–Crippen MR) is 106 cm³/mol. The lowest BCUT2D eigenvalue weighted by atomic mass is 10.1. The Balaban J connectivity index is 1.47. The van der Waals surface area contributed by atoms with Crippen LogP contribution in [0.2, 0.25) is 0 Å². The van der Waals surface area contributed by atoms with Crippen molar-refractivity contribution in [2.24, 2.45) is 0 Å². The Morgan fingerprint density at radius 3 is 2.44 bits per heavy atom. The molecule has 27 heavy (non-hydrogen) atoms. The second kappa shape index (κ2) is 9.04. The molecule has 0 atom stereocenters. The molecule has 146 valence electrons. The molecule has 2 aromatic rings. The second-order valence-electron chi connectivity index (χ2n) is 7.22. The third-order valence-corrected chi connectivity index (χ3v) is 4.91. The average molecular weight is 370 g/mol. The minimum atomic E-state index is 0.105. The van der Waals surface area contributed by atoms with E-state index >= 15 is 0 Å². The maximum atomic E-state index is 12.7. The van der Waals surface area contributed by atoms with Gasteiger partial charge in [0.2, 0.25) is 0 Å². The van der Waals surface area contributed by atoms with Crippen molar-refractivity contribution in [3.05, 3.63) is 48.0 Å². The van der Waals surface area contributed by atoms with Crippen molar-refractivity contribution in [2.75, 3.05) is 32.7 Å². The number of hydrogen-bond donors (Lipinski definition) is 0. The fourth-order valence-corrected chi connectivity index (χ4v) is 3.41. The van der Waals surface area contributed by atoms with Gasteiger partial charge in [0.15, 0.2) is 0 Å². The first-order valence-electron chi connectivity index (χ1n) is 9.85. The number of amides is 1. The fraction of sp³-hybridized carbons (Fsp3) is 0.524. The monoisotopic (exact) mass is 370 g/mol. The Kier molecular flexibility index (Phi) is 6.50. The van der Waals surface area contributed by atoms with Crippen molar-refractivity contribution in [1.29, 1.82) is 0 Å². The standard InChI is InChI=1S/C21H30N4O2/c1-4-20-22-9-10-24(20)14-11-23-12-15-25(16-13-23)21(26)18-5-7-19(8-6-18)27-17(2)3/h5-10,17H,4,11-16H2,1-3H3. The van der Waals surface area contributed by atoms with E-state index in [0.717, 1.165) is 62.8 Å². The zero-order valence-corrected chi connectivity index (χ0v) is 16.6. The molecular weight excluding hydrogens is 340 g/mol. The van der Waals surface area contributed by atoms with Crippen LogP contribution >= 0.6 is 0 Å². The van der Waals surface area contributed by atoms with Crippen molar-refractivity contribution in [2.45, 2.75) is 39.8 Å². The predicted octanol–water partition coefficient (Wildman–Crippen LogP) is 2.69. The Hall–Kier alpha value is -2.34. The largest absolute Gasteiger partial charge is 0.491 e. The number of ether oxygens (including phenoxy) is 1. The number of nitrogens with zero attached hydrogens (tertiary/aromatic N) is 4. The van der Waals surface area contributed by atoms with Gasteiger partial charge in [-0.1, -0.05) is 6.92 Å². The highest BCUT2D eigenvalue weighted by molar-refractivity contribution is 5.94. The number of aromatic nitrogens is 2. The normalized spacial score (nSPS) is 15.3. The summed E-state index contributed by atoms with van der Waals surface area (Å²) in [5, 5.41) is 0. The summed E-state index contributed by atoms with van der Waals surface area (Å²) >= 11 is 0. The molecule has 0 saturated carbocycles. The third kappa shape index (κ3) is 5.10. The number of hydrogen-bond acceptors (Lipinski definition) is 4. The molecule has 6 heteroatoms. The molecule has 1 aliphatic rings. The average Bonchev–Trinajstić information content (AvgIpc) is 3.14. The van der Waals surface area contributed by atoms with Crippen molar-refractivity contribution in [3.8, 4) is 5.75 Å².